The summed E-state index contributed by atoms with van der Waals surface area (Å²) in [5, 5.41) is 1.40. The molecule has 1 atom stereocenters. The van der Waals surface area contributed by atoms with E-state index in [1.165, 1.54) is 5.19 Å². The van der Waals surface area contributed by atoms with Crippen LogP contribution >= 0.6 is 0 Å². The van der Waals surface area contributed by atoms with E-state index in [1.54, 1.807) is 0 Å². The maximum atomic E-state index is 11.5. The first-order valence-electron chi connectivity index (χ1n) is 6.19. The summed E-state index contributed by atoms with van der Waals surface area (Å²) >= 11 is 0. The highest BCUT2D eigenvalue weighted by atomic mass is 28.3. The van der Waals surface area contributed by atoms with E-state index in [0.29, 0.717) is 18.6 Å². The molecule has 17 heavy (non-hydrogen) atoms. The molecule has 0 amide bonds. The molecule has 1 aromatic carbocycles. The van der Waals surface area contributed by atoms with Crippen molar-refractivity contribution in [1.29, 1.82) is 0 Å². The smallest absolute Gasteiger partial charge is 0.305 e. The van der Waals surface area contributed by atoms with Gasteiger partial charge in [-0.15, -0.1) is 0 Å². The molecule has 0 N–H and O–H groups in total. The Morgan fingerprint density at radius 2 is 1.88 bits per heavy atom. The van der Waals surface area contributed by atoms with E-state index >= 15 is 0 Å². The molecule has 1 rings (SSSR count). The Morgan fingerprint density at radius 3 is 2.41 bits per heavy atom. The van der Waals surface area contributed by atoms with Gasteiger partial charge in [-0.3, -0.25) is 4.79 Å². The summed E-state index contributed by atoms with van der Waals surface area (Å²) in [7, 11) is -1.58. The highest BCUT2D eigenvalue weighted by molar-refractivity contribution is 6.91. The monoisotopic (exact) mass is 250 g/mol. The highest BCUT2D eigenvalue weighted by Crippen LogP contribution is 2.25. The lowest BCUT2D eigenvalue weighted by Crippen LogP contribution is -2.45. The van der Waals surface area contributed by atoms with Gasteiger partial charge in [-0.1, -0.05) is 55.5 Å². The Kier molecular flexibility index (Phi) is 4.94. The molecule has 0 radical (unpaired) electrons. The van der Waals surface area contributed by atoms with Gasteiger partial charge in [-0.2, -0.15) is 0 Å². The van der Waals surface area contributed by atoms with E-state index in [-0.39, 0.29) is 5.97 Å². The Hall–Kier alpha value is -1.09. The third kappa shape index (κ3) is 3.70. The van der Waals surface area contributed by atoms with Crippen molar-refractivity contribution in [1.82, 2.24) is 0 Å². The van der Waals surface area contributed by atoms with Gasteiger partial charge in [0.05, 0.1) is 14.7 Å². The molecule has 1 unspecified atom stereocenters. The molecule has 0 bridgehead atoms. The number of benzene rings is 1. The van der Waals surface area contributed by atoms with Crippen LogP contribution in [0.25, 0.3) is 0 Å². The van der Waals surface area contributed by atoms with Crippen molar-refractivity contribution >= 4 is 19.2 Å². The van der Waals surface area contributed by atoms with Gasteiger partial charge in [0.25, 0.3) is 0 Å². The SMILES string of the molecule is CCOC(=O)CC(C)[Si](C)(C)c1ccccc1. The molecule has 1 aromatic rings. The maximum Gasteiger partial charge on any atom is 0.305 e. The van der Waals surface area contributed by atoms with Crippen molar-refractivity contribution in [3.05, 3.63) is 30.3 Å². The van der Waals surface area contributed by atoms with E-state index in [4.69, 9.17) is 4.74 Å². The van der Waals surface area contributed by atoms with Crippen LogP contribution in [0.3, 0.4) is 0 Å². The molecule has 0 aromatic heterocycles. The minimum absolute atomic E-state index is 0.0727. The molecule has 0 spiro atoms. The van der Waals surface area contributed by atoms with Crippen LogP contribution in [-0.2, 0) is 9.53 Å². The molecule has 2 nitrogen and oxygen atoms in total. The molecule has 0 saturated heterocycles. The van der Waals surface area contributed by atoms with E-state index in [9.17, 15) is 4.79 Å². The molecule has 0 aliphatic heterocycles. The predicted octanol–water partition coefficient (Wildman–Crippen LogP) is 2.95. The summed E-state index contributed by atoms with van der Waals surface area (Å²) in [4.78, 5) is 11.5. The first-order chi connectivity index (χ1) is 7.98. The van der Waals surface area contributed by atoms with Gasteiger partial charge in [0.15, 0.2) is 0 Å². The Morgan fingerprint density at radius 1 is 1.29 bits per heavy atom. The average Bonchev–Trinajstić information content (AvgIpc) is 2.30. The zero-order valence-electron chi connectivity index (χ0n) is 11.2. The number of hydrogen-bond donors (Lipinski definition) is 0. The van der Waals surface area contributed by atoms with Crippen molar-refractivity contribution in [2.45, 2.75) is 38.9 Å². The number of esters is 1. The van der Waals surface area contributed by atoms with E-state index in [1.807, 2.05) is 13.0 Å². The normalized spacial score (nSPS) is 13.2. The number of hydrogen-bond acceptors (Lipinski definition) is 2. The fraction of sp³-hybridized carbons (Fsp3) is 0.500. The van der Waals surface area contributed by atoms with Crippen LogP contribution in [0, 0.1) is 0 Å². The van der Waals surface area contributed by atoms with E-state index < -0.39 is 8.07 Å². The molecule has 0 fully saturated rings. The Balaban J connectivity index is 2.73. The van der Waals surface area contributed by atoms with Crippen LogP contribution in [0.1, 0.15) is 20.3 Å². The minimum atomic E-state index is -1.58. The zero-order valence-corrected chi connectivity index (χ0v) is 12.2. The van der Waals surface area contributed by atoms with Crippen LogP contribution in [-0.4, -0.2) is 20.7 Å². The fourth-order valence-corrected chi connectivity index (χ4v) is 4.17. The van der Waals surface area contributed by atoms with Crippen molar-refractivity contribution < 1.29 is 9.53 Å². The topological polar surface area (TPSA) is 26.3 Å². The van der Waals surface area contributed by atoms with Gasteiger partial charge >= 0.3 is 5.97 Å². The van der Waals surface area contributed by atoms with Crippen molar-refractivity contribution in [2.75, 3.05) is 6.61 Å². The second-order valence-electron chi connectivity index (χ2n) is 5.00. The van der Waals surface area contributed by atoms with Gasteiger partial charge in [-0.25, -0.2) is 0 Å². The summed E-state index contributed by atoms with van der Waals surface area (Å²) in [6.45, 7) is 9.11. The Bertz CT molecular complexity index is 360. The molecule has 0 saturated carbocycles. The van der Waals surface area contributed by atoms with Crippen LogP contribution < -0.4 is 5.19 Å². The first-order valence-corrected chi connectivity index (χ1v) is 9.27. The standard InChI is InChI=1S/C14H22O2Si/c1-5-16-14(15)11-12(2)17(3,4)13-9-7-6-8-10-13/h6-10,12H,5,11H2,1-4H3. The van der Waals surface area contributed by atoms with Crippen molar-refractivity contribution in [3.8, 4) is 0 Å². The molecule has 0 aliphatic rings. The quantitative estimate of drug-likeness (QED) is 0.593. The minimum Gasteiger partial charge on any atom is -0.466 e. The molecule has 3 heteroatoms. The summed E-state index contributed by atoms with van der Waals surface area (Å²) in [6.07, 6.45) is 0.530. The molecule has 0 aliphatic carbocycles. The van der Waals surface area contributed by atoms with Gasteiger partial charge in [0.2, 0.25) is 0 Å². The predicted molar refractivity (Wildman–Crippen MR) is 74.2 cm³/mol. The lowest BCUT2D eigenvalue weighted by molar-refractivity contribution is -0.143. The van der Waals surface area contributed by atoms with Crippen LogP contribution in [0.15, 0.2) is 30.3 Å². The summed E-state index contributed by atoms with van der Waals surface area (Å²) < 4.78 is 5.03. The lowest BCUT2D eigenvalue weighted by atomic mass is 10.3. The van der Waals surface area contributed by atoms with Crippen molar-refractivity contribution in [2.24, 2.45) is 0 Å². The third-order valence-electron chi connectivity index (χ3n) is 3.53. The second kappa shape index (κ2) is 6.01. The number of carbonyl (C=O) groups is 1. The first kappa shape index (κ1) is 14.0. The van der Waals surface area contributed by atoms with Crippen molar-refractivity contribution in [3.63, 3.8) is 0 Å². The summed E-state index contributed by atoms with van der Waals surface area (Å²) in [5.41, 5.74) is 0.393. The second-order valence-corrected chi connectivity index (χ2v) is 10.0. The van der Waals surface area contributed by atoms with Crippen LogP contribution in [0.4, 0.5) is 0 Å². The van der Waals surface area contributed by atoms with Gasteiger partial charge in [0.1, 0.15) is 0 Å². The van der Waals surface area contributed by atoms with Crippen LogP contribution in [0.2, 0.25) is 18.6 Å². The van der Waals surface area contributed by atoms with Gasteiger partial charge in [-0.05, 0) is 12.5 Å². The molecular weight excluding hydrogens is 228 g/mol. The molecule has 0 heterocycles. The fourth-order valence-electron chi connectivity index (χ4n) is 1.88. The lowest BCUT2D eigenvalue weighted by Gasteiger charge is -2.29. The zero-order chi connectivity index (χ0) is 12.9. The summed E-state index contributed by atoms with van der Waals surface area (Å²) in [5.74, 6) is -0.0727. The maximum absolute atomic E-state index is 11.5. The molecular formula is C14H22O2Si. The van der Waals surface area contributed by atoms with E-state index in [0.717, 1.165) is 0 Å². The average molecular weight is 250 g/mol. The van der Waals surface area contributed by atoms with Gasteiger partial charge < -0.3 is 4.74 Å². The number of rotatable bonds is 5. The Labute approximate surface area is 105 Å². The number of carbonyl (C=O) groups excluding carboxylic acids is 1. The largest absolute Gasteiger partial charge is 0.466 e. The highest BCUT2D eigenvalue weighted by Gasteiger charge is 2.31. The summed E-state index contributed by atoms with van der Waals surface area (Å²) in [6, 6.07) is 10.5. The van der Waals surface area contributed by atoms with Crippen LogP contribution in [0.5, 0.6) is 0 Å². The number of ether oxygens (including phenoxy) is 1. The van der Waals surface area contributed by atoms with Gasteiger partial charge in [0, 0.05) is 6.42 Å². The van der Waals surface area contributed by atoms with E-state index in [2.05, 4.69) is 44.3 Å². The third-order valence-corrected chi connectivity index (χ3v) is 8.02. The molecule has 94 valence electrons.